The summed E-state index contributed by atoms with van der Waals surface area (Å²) < 4.78 is 0. The van der Waals surface area contributed by atoms with Crippen LogP contribution in [0.5, 0.6) is 0 Å². The summed E-state index contributed by atoms with van der Waals surface area (Å²) in [5, 5.41) is 0. The van der Waals surface area contributed by atoms with Crippen molar-refractivity contribution in [3.63, 3.8) is 0 Å². The van der Waals surface area contributed by atoms with Gasteiger partial charge in [0.25, 0.3) is 0 Å². The molecule has 5 heteroatoms. The number of nitrogens with one attached hydrogen (secondary N) is 1. The van der Waals surface area contributed by atoms with Crippen LogP contribution in [0.3, 0.4) is 0 Å². The van der Waals surface area contributed by atoms with E-state index in [0.29, 0.717) is 0 Å². The Bertz CT molecular complexity index is 1040. The van der Waals surface area contributed by atoms with Crippen LogP contribution in [-0.4, -0.2) is 9.97 Å². The number of nitrogens with two attached hydrogens (primary N) is 1. The van der Waals surface area contributed by atoms with Gasteiger partial charge in [-0.05, 0) is 48.9 Å². The Morgan fingerprint density at radius 2 is 1.57 bits per heavy atom. The Morgan fingerprint density at radius 1 is 0.857 bits per heavy atom. The molecule has 0 radical (unpaired) electrons. The molecule has 0 aliphatic carbocycles. The van der Waals surface area contributed by atoms with Crippen molar-refractivity contribution in [1.29, 1.82) is 0 Å². The van der Waals surface area contributed by atoms with E-state index in [9.17, 15) is 0 Å². The van der Waals surface area contributed by atoms with Crippen LogP contribution >= 0.6 is 24.8 Å². The van der Waals surface area contributed by atoms with E-state index in [4.69, 9.17) is 10.7 Å². The molecule has 0 saturated carbocycles. The minimum absolute atomic E-state index is 0. The average molecular weight is 414 g/mol. The normalized spacial score (nSPS) is 10.3. The Kier molecular flexibility index (Phi) is 7.50. The number of H-pyrrole nitrogens is 1. The number of rotatable bonds is 5. The predicted molar refractivity (Wildman–Crippen MR) is 124 cm³/mol. The van der Waals surface area contributed by atoms with Crippen molar-refractivity contribution in [2.75, 3.05) is 5.73 Å². The molecule has 1 aromatic heterocycles. The summed E-state index contributed by atoms with van der Waals surface area (Å²) in [6.45, 7) is 2.10. The number of halogens is 2. The second kappa shape index (κ2) is 9.63. The highest BCUT2D eigenvalue weighted by Crippen LogP contribution is 2.29. The number of aryl methyl sites for hydroxylation is 3. The lowest BCUT2D eigenvalue weighted by atomic mass is 10.0. The second-order valence-corrected chi connectivity index (χ2v) is 6.77. The number of imidazole rings is 1. The van der Waals surface area contributed by atoms with Crippen LogP contribution in [0.2, 0.25) is 0 Å². The minimum atomic E-state index is 0. The second-order valence-electron chi connectivity index (χ2n) is 6.77. The number of anilines is 1. The lowest BCUT2D eigenvalue weighted by molar-refractivity contribution is 0.823. The van der Waals surface area contributed by atoms with Gasteiger partial charge < -0.3 is 10.7 Å². The summed E-state index contributed by atoms with van der Waals surface area (Å²) in [4.78, 5) is 8.17. The number of aromatic amines is 1. The van der Waals surface area contributed by atoms with Crippen molar-refractivity contribution in [2.45, 2.75) is 26.2 Å². The Balaban J connectivity index is 0.00000140. The molecule has 0 fully saturated rings. The van der Waals surface area contributed by atoms with Crippen molar-refractivity contribution < 1.29 is 0 Å². The van der Waals surface area contributed by atoms with E-state index >= 15 is 0 Å². The fraction of sp³-hybridized carbons (Fsp3) is 0.174. The molecule has 3 N–H and O–H groups in total. The first-order chi connectivity index (χ1) is 12.7. The largest absolute Gasteiger partial charge is 0.397 e. The summed E-state index contributed by atoms with van der Waals surface area (Å²) in [6, 6.07) is 23.0. The molecule has 0 unspecified atom stereocenters. The van der Waals surface area contributed by atoms with E-state index in [1.807, 2.05) is 12.1 Å². The van der Waals surface area contributed by atoms with E-state index in [1.165, 1.54) is 16.7 Å². The highest BCUT2D eigenvalue weighted by Gasteiger charge is 2.11. The molecule has 0 spiro atoms. The lowest BCUT2D eigenvalue weighted by Gasteiger charge is -2.06. The van der Waals surface area contributed by atoms with E-state index in [1.54, 1.807) is 0 Å². The number of hydrogen-bond donors (Lipinski definition) is 2. The molecule has 0 atom stereocenters. The molecule has 3 nitrogen and oxygen atoms in total. The Hall–Kier alpha value is -2.49. The van der Waals surface area contributed by atoms with Gasteiger partial charge in [-0.2, -0.15) is 0 Å². The zero-order valence-corrected chi connectivity index (χ0v) is 17.4. The smallest absolute Gasteiger partial charge is 0.138 e. The molecule has 1 heterocycles. The van der Waals surface area contributed by atoms with Gasteiger partial charge in [0.15, 0.2) is 0 Å². The molecule has 4 rings (SSSR count). The third-order valence-corrected chi connectivity index (χ3v) is 4.94. The van der Waals surface area contributed by atoms with E-state index in [-0.39, 0.29) is 24.8 Å². The van der Waals surface area contributed by atoms with Gasteiger partial charge in [-0.25, -0.2) is 4.98 Å². The first-order valence-corrected chi connectivity index (χ1v) is 9.09. The molecular formula is C23H25Cl2N3. The zero-order chi connectivity index (χ0) is 17.9. The van der Waals surface area contributed by atoms with Crippen molar-refractivity contribution in [1.82, 2.24) is 9.97 Å². The van der Waals surface area contributed by atoms with Gasteiger partial charge in [-0.1, -0.05) is 60.7 Å². The average Bonchev–Trinajstić information content (AvgIpc) is 3.10. The van der Waals surface area contributed by atoms with Crippen molar-refractivity contribution in [3.05, 3.63) is 83.4 Å². The predicted octanol–water partition coefficient (Wildman–Crippen LogP) is 6.14. The number of aromatic nitrogens is 2. The number of nitrogen functional groups attached to an aromatic ring is 1. The van der Waals surface area contributed by atoms with E-state index in [0.717, 1.165) is 47.4 Å². The fourth-order valence-corrected chi connectivity index (χ4v) is 3.45. The molecule has 146 valence electrons. The van der Waals surface area contributed by atoms with E-state index in [2.05, 4.69) is 66.5 Å². The number of hydrogen-bond acceptors (Lipinski definition) is 2. The third-order valence-electron chi connectivity index (χ3n) is 4.94. The van der Waals surface area contributed by atoms with Crippen LogP contribution in [0.15, 0.2) is 66.7 Å². The highest BCUT2D eigenvalue weighted by molar-refractivity contribution is 5.91. The maximum atomic E-state index is 6.46. The molecule has 0 aliphatic heterocycles. The van der Waals surface area contributed by atoms with E-state index < -0.39 is 0 Å². The molecule has 28 heavy (non-hydrogen) atoms. The molecule has 0 amide bonds. The lowest BCUT2D eigenvalue weighted by Crippen LogP contribution is -1.97. The molecule has 0 bridgehead atoms. The topological polar surface area (TPSA) is 54.7 Å². The summed E-state index contributed by atoms with van der Waals surface area (Å²) in [7, 11) is 0. The molecule has 0 saturated heterocycles. The summed E-state index contributed by atoms with van der Waals surface area (Å²) in [5.41, 5.74) is 14.0. The maximum absolute atomic E-state index is 6.46. The van der Waals surface area contributed by atoms with Gasteiger partial charge in [0, 0.05) is 5.56 Å². The fourth-order valence-electron chi connectivity index (χ4n) is 3.45. The Morgan fingerprint density at radius 3 is 2.32 bits per heavy atom. The molecule has 0 aliphatic rings. The number of fused-ring (bicyclic) bond motifs is 1. The quantitative estimate of drug-likeness (QED) is 0.386. The Labute approximate surface area is 178 Å². The first kappa shape index (κ1) is 21.8. The van der Waals surface area contributed by atoms with Crippen LogP contribution in [0.1, 0.15) is 23.1 Å². The maximum Gasteiger partial charge on any atom is 0.138 e. The van der Waals surface area contributed by atoms with Gasteiger partial charge >= 0.3 is 0 Å². The van der Waals surface area contributed by atoms with Crippen LogP contribution in [-0.2, 0) is 12.8 Å². The summed E-state index contributed by atoms with van der Waals surface area (Å²) in [6.07, 6.45) is 3.11. The van der Waals surface area contributed by atoms with Gasteiger partial charge in [-0.3, -0.25) is 0 Å². The minimum Gasteiger partial charge on any atom is -0.397 e. The SMILES string of the molecule is Cc1ccccc1-c1nc2ccc(CCCc3ccccc3)c(N)c2[nH]1.Cl.Cl. The summed E-state index contributed by atoms with van der Waals surface area (Å²) >= 11 is 0. The molecule has 3 aromatic carbocycles. The standard InChI is InChI=1S/C23H23N3.2ClH/c1-16-8-5-6-13-19(16)23-25-20-15-14-18(21(24)22(20)26-23)12-7-11-17-9-3-2-4-10-17;;/h2-6,8-10,13-15H,7,11-12,24H2,1H3,(H,25,26);2*1H. The molecule has 4 aromatic rings. The van der Waals surface area contributed by atoms with Gasteiger partial charge in [0.2, 0.25) is 0 Å². The zero-order valence-electron chi connectivity index (χ0n) is 15.8. The van der Waals surface area contributed by atoms with Gasteiger partial charge in [0.05, 0.1) is 16.7 Å². The van der Waals surface area contributed by atoms with Gasteiger partial charge in [-0.15, -0.1) is 24.8 Å². The van der Waals surface area contributed by atoms with Gasteiger partial charge in [0.1, 0.15) is 5.82 Å². The van der Waals surface area contributed by atoms with Crippen molar-refractivity contribution in [2.24, 2.45) is 0 Å². The number of benzene rings is 3. The third kappa shape index (κ3) is 4.49. The summed E-state index contributed by atoms with van der Waals surface area (Å²) in [5.74, 6) is 0.881. The van der Waals surface area contributed by atoms with Crippen molar-refractivity contribution >= 4 is 41.5 Å². The number of nitrogens with zero attached hydrogens (tertiary/aromatic N) is 1. The highest BCUT2D eigenvalue weighted by atomic mass is 35.5. The monoisotopic (exact) mass is 413 g/mol. The van der Waals surface area contributed by atoms with Crippen molar-refractivity contribution in [3.8, 4) is 11.4 Å². The molecular weight excluding hydrogens is 389 g/mol. The van der Waals surface area contributed by atoms with Crippen LogP contribution in [0.4, 0.5) is 5.69 Å². The van der Waals surface area contributed by atoms with Crippen LogP contribution in [0.25, 0.3) is 22.4 Å². The first-order valence-electron chi connectivity index (χ1n) is 9.09. The van der Waals surface area contributed by atoms with Crippen LogP contribution in [0, 0.1) is 6.92 Å². The van der Waals surface area contributed by atoms with Crippen LogP contribution < -0.4 is 5.73 Å².